The molecular weight excluding hydrogens is 314 g/mol. The van der Waals surface area contributed by atoms with Crippen LogP contribution in [0, 0.1) is 6.92 Å². The summed E-state index contributed by atoms with van der Waals surface area (Å²) in [5.74, 6) is 1.14. The van der Waals surface area contributed by atoms with Crippen molar-refractivity contribution in [1.82, 2.24) is 20.3 Å². The van der Waals surface area contributed by atoms with Crippen molar-refractivity contribution >= 4 is 11.7 Å². The Bertz CT molecular complexity index is 696. The van der Waals surface area contributed by atoms with E-state index in [0.29, 0.717) is 23.9 Å². The van der Waals surface area contributed by atoms with Crippen molar-refractivity contribution in [3.05, 3.63) is 47.7 Å². The minimum Gasteiger partial charge on any atom is -0.366 e. The zero-order valence-corrected chi connectivity index (χ0v) is 14.7. The van der Waals surface area contributed by atoms with Crippen molar-refractivity contribution < 1.29 is 4.79 Å². The van der Waals surface area contributed by atoms with Gasteiger partial charge < -0.3 is 10.6 Å². The molecule has 0 bridgehead atoms. The lowest BCUT2D eigenvalue weighted by molar-refractivity contribution is 0.0928. The average Bonchev–Trinajstić information content (AvgIpc) is 2.89. The predicted molar refractivity (Wildman–Crippen MR) is 97.3 cm³/mol. The van der Waals surface area contributed by atoms with E-state index in [0.717, 1.165) is 18.4 Å². The summed E-state index contributed by atoms with van der Waals surface area (Å²) in [6.45, 7) is 2.43. The molecule has 0 aromatic carbocycles. The lowest BCUT2D eigenvalue weighted by atomic mass is 10.1. The van der Waals surface area contributed by atoms with E-state index in [2.05, 4.69) is 25.6 Å². The fraction of sp³-hybridized carbons (Fsp3) is 0.474. The number of anilines is 1. The molecule has 0 radical (unpaired) electrons. The van der Waals surface area contributed by atoms with Crippen molar-refractivity contribution in [3.63, 3.8) is 0 Å². The third kappa shape index (κ3) is 5.24. The van der Waals surface area contributed by atoms with Gasteiger partial charge in [-0.25, -0.2) is 9.97 Å². The SMILES string of the molecule is Cc1nc(NCc2ccncc2)cc(C(=O)NC2CCCCCC2)n1. The lowest BCUT2D eigenvalue weighted by Gasteiger charge is -2.16. The molecular formula is C19H25N5O. The van der Waals surface area contributed by atoms with E-state index in [1.54, 1.807) is 25.4 Å². The van der Waals surface area contributed by atoms with Crippen molar-refractivity contribution in [2.45, 2.75) is 58.0 Å². The molecule has 1 fully saturated rings. The molecule has 2 heterocycles. The maximum atomic E-state index is 12.6. The molecule has 1 aliphatic rings. The third-order valence-corrected chi connectivity index (χ3v) is 4.48. The van der Waals surface area contributed by atoms with Gasteiger partial charge in [-0.3, -0.25) is 9.78 Å². The van der Waals surface area contributed by atoms with Gasteiger partial charge in [0.25, 0.3) is 5.91 Å². The zero-order valence-electron chi connectivity index (χ0n) is 14.7. The fourth-order valence-corrected chi connectivity index (χ4v) is 3.15. The second kappa shape index (κ2) is 8.55. The maximum absolute atomic E-state index is 12.6. The van der Waals surface area contributed by atoms with Crippen LogP contribution in [0.1, 0.15) is 60.4 Å². The number of aryl methyl sites for hydroxylation is 1. The molecule has 6 nitrogen and oxygen atoms in total. The quantitative estimate of drug-likeness (QED) is 0.818. The van der Waals surface area contributed by atoms with Crippen LogP contribution in [0.15, 0.2) is 30.6 Å². The van der Waals surface area contributed by atoms with Crippen molar-refractivity contribution in [1.29, 1.82) is 0 Å². The first-order chi connectivity index (χ1) is 12.2. The number of pyridine rings is 1. The van der Waals surface area contributed by atoms with E-state index >= 15 is 0 Å². The van der Waals surface area contributed by atoms with Crippen molar-refractivity contribution in [2.75, 3.05) is 5.32 Å². The van der Waals surface area contributed by atoms with Crippen LogP contribution in [0.25, 0.3) is 0 Å². The van der Waals surface area contributed by atoms with Gasteiger partial charge in [0.1, 0.15) is 17.3 Å². The molecule has 3 rings (SSSR count). The van der Waals surface area contributed by atoms with Crippen LogP contribution in [0.5, 0.6) is 0 Å². The Hall–Kier alpha value is -2.50. The van der Waals surface area contributed by atoms with E-state index < -0.39 is 0 Å². The Labute approximate surface area is 148 Å². The molecule has 1 amide bonds. The topological polar surface area (TPSA) is 79.8 Å². The molecule has 0 atom stereocenters. The number of carbonyl (C=O) groups is 1. The zero-order chi connectivity index (χ0) is 17.5. The Morgan fingerprint density at radius 2 is 1.84 bits per heavy atom. The van der Waals surface area contributed by atoms with Crippen LogP contribution in [0.3, 0.4) is 0 Å². The lowest BCUT2D eigenvalue weighted by Crippen LogP contribution is -2.35. The Morgan fingerprint density at radius 3 is 2.56 bits per heavy atom. The fourth-order valence-electron chi connectivity index (χ4n) is 3.15. The van der Waals surface area contributed by atoms with Crippen LogP contribution in [-0.2, 0) is 6.54 Å². The normalized spacial score (nSPS) is 15.4. The van der Waals surface area contributed by atoms with Crippen LogP contribution >= 0.6 is 0 Å². The minimum absolute atomic E-state index is 0.107. The maximum Gasteiger partial charge on any atom is 0.270 e. The Morgan fingerprint density at radius 1 is 1.12 bits per heavy atom. The summed E-state index contributed by atoms with van der Waals surface area (Å²) in [6, 6.07) is 5.88. The van der Waals surface area contributed by atoms with Crippen LogP contribution < -0.4 is 10.6 Å². The van der Waals surface area contributed by atoms with Crippen molar-refractivity contribution in [2.24, 2.45) is 0 Å². The first-order valence-electron chi connectivity index (χ1n) is 9.00. The van der Waals surface area contributed by atoms with Crippen molar-refractivity contribution in [3.8, 4) is 0 Å². The summed E-state index contributed by atoms with van der Waals surface area (Å²) >= 11 is 0. The van der Waals surface area contributed by atoms with Crippen LogP contribution in [0.2, 0.25) is 0 Å². The molecule has 25 heavy (non-hydrogen) atoms. The van der Waals surface area contributed by atoms with E-state index in [-0.39, 0.29) is 11.9 Å². The van der Waals surface area contributed by atoms with E-state index in [1.807, 2.05) is 12.1 Å². The molecule has 132 valence electrons. The number of amides is 1. The van der Waals surface area contributed by atoms with Gasteiger partial charge in [-0.15, -0.1) is 0 Å². The highest BCUT2D eigenvalue weighted by Crippen LogP contribution is 2.18. The van der Waals surface area contributed by atoms with Crippen LogP contribution in [-0.4, -0.2) is 26.9 Å². The van der Waals surface area contributed by atoms with Gasteiger partial charge >= 0.3 is 0 Å². The molecule has 1 saturated carbocycles. The average molecular weight is 339 g/mol. The summed E-state index contributed by atoms with van der Waals surface area (Å²) in [6.07, 6.45) is 10.5. The summed E-state index contributed by atoms with van der Waals surface area (Å²) in [4.78, 5) is 25.3. The first-order valence-corrected chi connectivity index (χ1v) is 9.00. The monoisotopic (exact) mass is 339 g/mol. The second-order valence-corrected chi connectivity index (χ2v) is 6.56. The number of carbonyl (C=O) groups excluding carboxylic acids is 1. The van der Waals surface area contributed by atoms with Gasteiger partial charge in [-0.05, 0) is 37.5 Å². The Balaban J connectivity index is 1.64. The molecule has 0 unspecified atom stereocenters. The standard InChI is InChI=1S/C19H25N5O/c1-14-22-17(19(25)24-16-6-4-2-3-5-7-16)12-18(23-14)21-13-15-8-10-20-11-9-15/h8-12,16H,2-7,13H2,1H3,(H,24,25)(H,21,22,23). The van der Waals surface area contributed by atoms with E-state index in [1.165, 1.54) is 25.7 Å². The highest BCUT2D eigenvalue weighted by molar-refractivity contribution is 5.93. The molecule has 1 aliphatic carbocycles. The highest BCUT2D eigenvalue weighted by Gasteiger charge is 2.17. The number of nitrogens with zero attached hydrogens (tertiary/aromatic N) is 3. The summed E-state index contributed by atoms with van der Waals surface area (Å²) in [5.41, 5.74) is 1.53. The smallest absolute Gasteiger partial charge is 0.270 e. The second-order valence-electron chi connectivity index (χ2n) is 6.56. The van der Waals surface area contributed by atoms with Gasteiger partial charge in [-0.1, -0.05) is 25.7 Å². The third-order valence-electron chi connectivity index (χ3n) is 4.48. The summed E-state index contributed by atoms with van der Waals surface area (Å²) in [7, 11) is 0. The molecule has 2 aromatic heterocycles. The molecule has 0 saturated heterocycles. The number of nitrogens with one attached hydrogen (secondary N) is 2. The largest absolute Gasteiger partial charge is 0.366 e. The Kier molecular flexibility index (Phi) is 5.93. The minimum atomic E-state index is -0.107. The molecule has 6 heteroatoms. The summed E-state index contributed by atoms with van der Waals surface area (Å²) < 4.78 is 0. The predicted octanol–water partition coefficient (Wildman–Crippen LogP) is 3.24. The number of rotatable bonds is 5. The van der Waals surface area contributed by atoms with Gasteiger partial charge in [-0.2, -0.15) is 0 Å². The molecule has 2 N–H and O–H groups in total. The molecule has 0 aliphatic heterocycles. The molecule has 0 spiro atoms. The first kappa shape index (κ1) is 17.3. The van der Waals surface area contributed by atoms with Gasteiger partial charge in [0.05, 0.1) is 0 Å². The van der Waals surface area contributed by atoms with Gasteiger partial charge in [0.2, 0.25) is 0 Å². The highest BCUT2D eigenvalue weighted by atomic mass is 16.1. The number of hydrogen-bond acceptors (Lipinski definition) is 5. The van der Waals surface area contributed by atoms with Crippen LogP contribution in [0.4, 0.5) is 5.82 Å². The van der Waals surface area contributed by atoms with E-state index in [9.17, 15) is 4.79 Å². The van der Waals surface area contributed by atoms with Gasteiger partial charge in [0, 0.05) is 31.0 Å². The van der Waals surface area contributed by atoms with E-state index in [4.69, 9.17) is 0 Å². The van der Waals surface area contributed by atoms with Gasteiger partial charge in [0.15, 0.2) is 0 Å². The summed E-state index contributed by atoms with van der Waals surface area (Å²) in [5, 5.41) is 6.39. The molecule has 2 aromatic rings. The number of aromatic nitrogens is 3. The number of hydrogen-bond donors (Lipinski definition) is 2.